The number of methoxy groups -OCH3 is 1. The highest BCUT2D eigenvalue weighted by Gasteiger charge is 2.14. The van der Waals surface area contributed by atoms with Gasteiger partial charge in [-0.15, -0.1) is 0 Å². The number of anilines is 1. The molecule has 0 saturated carbocycles. The van der Waals surface area contributed by atoms with Gasteiger partial charge in [-0.3, -0.25) is 10.1 Å². The average molecular weight is 383 g/mol. The third-order valence-electron chi connectivity index (χ3n) is 2.93. The van der Waals surface area contributed by atoms with Gasteiger partial charge in [0.2, 0.25) is 0 Å². The number of para-hydroxylation sites is 1. The largest absolute Gasteiger partial charge is 0.465 e. The summed E-state index contributed by atoms with van der Waals surface area (Å²) in [6.45, 7) is 0. The fraction of sp³-hybridized carbons (Fsp3) is 0.0625. The highest BCUT2D eigenvalue weighted by Crippen LogP contribution is 2.19. The molecule has 8 heteroatoms. The number of ether oxygens (including phenoxy) is 1. The Morgan fingerprint density at radius 3 is 2.33 bits per heavy atom. The van der Waals surface area contributed by atoms with Crippen molar-refractivity contribution in [1.82, 2.24) is 5.32 Å². The zero-order valence-electron chi connectivity index (χ0n) is 12.4. The Morgan fingerprint density at radius 2 is 1.71 bits per heavy atom. The van der Waals surface area contributed by atoms with E-state index in [0.717, 1.165) is 0 Å². The topological polar surface area (TPSA) is 67.4 Å². The summed E-state index contributed by atoms with van der Waals surface area (Å²) in [4.78, 5) is 23.9. The number of esters is 1. The molecule has 1 amide bonds. The summed E-state index contributed by atoms with van der Waals surface area (Å²) in [5, 5.41) is 5.98. The van der Waals surface area contributed by atoms with Crippen molar-refractivity contribution in [2.24, 2.45) is 0 Å². The van der Waals surface area contributed by atoms with Gasteiger partial charge in [0.1, 0.15) is 0 Å². The Kier molecular flexibility index (Phi) is 6.14. The standard InChI is InChI=1S/C16H12Cl2N2O3S/c1-23-15(22)12-4-2-3-5-13(12)19-16(24)20-14(21)9-6-10(17)8-11(18)7-9/h2-8H,1H3,(H2,19,20,21,24). The first-order valence-corrected chi connectivity index (χ1v) is 7.83. The molecule has 24 heavy (non-hydrogen) atoms. The first-order chi connectivity index (χ1) is 11.4. The summed E-state index contributed by atoms with van der Waals surface area (Å²) in [5.74, 6) is -0.999. The van der Waals surface area contributed by atoms with Crippen molar-refractivity contribution in [2.45, 2.75) is 0 Å². The third kappa shape index (κ3) is 4.67. The van der Waals surface area contributed by atoms with Gasteiger partial charge in [0.05, 0.1) is 18.4 Å². The van der Waals surface area contributed by atoms with Crippen molar-refractivity contribution in [3.05, 3.63) is 63.6 Å². The molecule has 5 nitrogen and oxygen atoms in total. The molecule has 0 aromatic heterocycles. The summed E-state index contributed by atoms with van der Waals surface area (Å²) in [6.07, 6.45) is 0. The summed E-state index contributed by atoms with van der Waals surface area (Å²) in [6, 6.07) is 11.1. The van der Waals surface area contributed by atoms with Crippen molar-refractivity contribution in [3.8, 4) is 0 Å². The fourth-order valence-electron chi connectivity index (χ4n) is 1.89. The Bertz CT molecular complexity index is 791. The molecule has 2 rings (SSSR count). The van der Waals surface area contributed by atoms with Gasteiger partial charge in [0.15, 0.2) is 5.11 Å². The Hall–Kier alpha value is -2.15. The van der Waals surface area contributed by atoms with Crippen LogP contribution >= 0.6 is 35.4 Å². The van der Waals surface area contributed by atoms with E-state index in [2.05, 4.69) is 10.6 Å². The summed E-state index contributed by atoms with van der Waals surface area (Å²) >= 11 is 16.8. The maximum absolute atomic E-state index is 12.2. The van der Waals surface area contributed by atoms with Gasteiger partial charge >= 0.3 is 5.97 Å². The molecule has 0 unspecified atom stereocenters. The lowest BCUT2D eigenvalue weighted by Crippen LogP contribution is -2.34. The van der Waals surface area contributed by atoms with E-state index >= 15 is 0 Å². The summed E-state index contributed by atoms with van der Waals surface area (Å²) in [5.41, 5.74) is 0.971. The van der Waals surface area contributed by atoms with E-state index in [4.69, 9.17) is 40.2 Å². The molecule has 0 aliphatic carbocycles. The van der Waals surface area contributed by atoms with E-state index in [1.165, 1.54) is 25.3 Å². The number of carbonyl (C=O) groups is 2. The molecule has 0 radical (unpaired) electrons. The molecule has 2 aromatic carbocycles. The number of hydrogen-bond acceptors (Lipinski definition) is 4. The monoisotopic (exact) mass is 382 g/mol. The molecule has 124 valence electrons. The number of thiocarbonyl (C=S) groups is 1. The molecule has 0 aliphatic rings. The van der Waals surface area contributed by atoms with E-state index in [-0.39, 0.29) is 10.7 Å². The second kappa shape index (κ2) is 8.10. The van der Waals surface area contributed by atoms with Crippen molar-refractivity contribution in [2.75, 3.05) is 12.4 Å². The van der Waals surface area contributed by atoms with E-state index in [9.17, 15) is 9.59 Å². The Balaban J connectivity index is 2.11. The number of benzene rings is 2. The maximum Gasteiger partial charge on any atom is 0.339 e. The van der Waals surface area contributed by atoms with Gasteiger partial charge in [-0.25, -0.2) is 4.79 Å². The smallest absolute Gasteiger partial charge is 0.339 e. The molecule has 0 saturated heterocycles. The second-order valence-corrected chi connectivity index (χ2v) is 5.88. The lowest BCUT2D eigenvalue weighted by molar-refractivity contribution is 0.0602. The van der Waals surface area contributed by atoms with Crippen molar-refractivity contribution in [1.29, 1.82) is 0 Å². The number of nitrogens with one attached hydrogen (secondary N) is 2. The molecule has 2 aromatic rings. The van der Waals surface area contributed by atoms with Crippen LogP contribution in [0.5, 0.6) is 0 Å². The van der Waals surface area contributed by atoms with Crippen LogP contribution in [0.1, 0.15) is 20.7 Å². The van der Waals surface area contributed by atoms with Crippen molar-refractivity contribution < 1.29 is 14.3 Å². The Labute approximate surface area is 153 Å². The van der Waals surface area contributed by atoms with Gasteiger partial charge in [-0.05, 0) is 42.5 Å². The maximum atomic E-state index is 12.2. The van der Waals surface area contributed by atoms with Gasteiger partial charge < -0.3 is 10.1 Å². The quantitative estimate of drug-likeness (QED) is 0.622. The van der Waals surface area contributed by atoms with Crippen LogP contribution in [0.4, 0.5) is 5.69 Å². The predicted octanol–water partition coefficient (Wildman–Crippen LogP) is 3.91. The SMILES string of the molecule is COC(=O)c1ccccc1NC(=S)NC(=O)c1cc(Cl)cc(Cl)c1. The van der Waals surface area contributed by atoms with Gasteiger partial charge in [0, 0.05) is 15.6 Å². The van der Waals surface area contributed by atoms with Crippen LogP contribution in [0.3, 0.4) is 0 Å². The van der Waals surface area contributed by atoms with Crippen LogP contribution in [0.25, 0.3) is 0 Å². The van der Waals surface area contributed by atoms with Crippen LogP contribution in [-0.4, -0.2) is 24.1 Å². The Morgan fingerprint density at radius 1 is 1.08 bits per heavy atom. The molecular formula is C16H12Cl2N2O3S. The number of halogens is 2. The predicted molar refractivity (Wildman–Crippen MR) is 97.9 cm³/mol. The second-order valence-electron chi connectivity index (χ2n) is 4.60. The molecule has 0 spiro atoms. The van der Waals surface area contributed by atoms with Crippen LogP contribution in [0.2, 0.25) is 10.0 Å². The van der Waals surface area contributed by atoms with Crippen LogP contribution in [0, 0.1) is 0 Å². The molecule has 0 aliphatic heterocycles. The highest BCUT2D eigenvalue weighted by molar-refractivity contribution is 7.80. The minimum atomic E-state index is -0.520. The molecule has 2 N–H and O–H groups in total. The minimum absolute atomic E-state index is 0.0208. The molecule has 0 bridgehead atoms. The fourth-order valence-corrected chi connectivity index (χ4v) is 2.62. The lowest BCUT2D eigenvalue weighted by Gasteiger charge is -2.12. The third-order valence-corrected chi connectivity index (χ3v) is 3.57. The highest BCUT2D eigenvalue weighted by atomic mass is 35.5. The first-order valence-electron chi connectivity index (χ1n) is 6.66. The zero-order valence-corrected chi connectivity index (χ0v) is 14.8. The number of amides is 1. The lowest BCUT2D eigenvalue weighted by atomic mass is 10.2. The summed E-state index contributed by atoms with van der Waals surface area (Å²) in [7, 11) is 1.28. The van der Waals surface area contributed by atoms with Crippen molar-refractivity contribution >= 4 is 58.1 Å². The van der Waals surface area contributed by atoms with Crippen LogP contribution < -0.4 is 10.6 Å². The summed E-state index contributed by atoms with van der Waals surface area (Å²) < 4.78 is 4.70. The molecule has 0 atom stereocenters. The van der Waals surface area contributed by atoms with E-state index in [1.807, 2.05) is 0 Å². The van der Waals surface area contributed by atoms with Gasteiger partial charge in [-0.1, -0.05) is 35.3 Å². The molecule has 0 fully saturated rings. The van der Waals surface area contributed by atoms with Gasteiger partial charge in [-0.2, -0.15) is 0 Å². The van der Waals surface area contributed by atoms with Crippen molar-refractivity contribution in [3.63, 3.8) is 0 Å². The zero-order chi connectivity index (χ0) is 17.7. The van der Waals surface area contributed by atoms with Crippen LogP contribution in [0.15, 0.2) is 42.5 Å². The van der Waals surface area contributed by atoms with E-state index < -0.39 is 11.9 Å². The average Bonchev–Trinajstić information content (AvgIpc) is 2.53. The van der Waals surface area contributed by atoms with E-state index in [1.54, 1.807) is 24.3 Å². The number of carbonyl (C=O) groups excluding carboxylic acids is 2. The first kappa shape index (κ1) is 18.2. The minimum Gasteiger partial charge on any atom is -0.465 e. The van der Waals surface area contributed by atoms with Crippen LogP contribution in [-0.2, 0) is 4.74 Å². The molecule has 0 heterocycles. The molecular weight excluding hydrogens is 371 g/mol. The number of hydrogen-bond donors (Lipinski definition) is 2. The number of rotatable bonds is 3. The van der Waals surface area contributed by atoms with E-state index in [0.29, 0.717) is 21.3 Å². The normalized spacial score (nSPS) is 9.96. The van der Waals surface area contributed by atoms with Gasteiger partial charge in [0.25, 0.3) is 5.91 Å².